The summed E-state index contributed by atoms with van der Waals surface area (Å²) < 4.78 is 7.40. The number of fused-ring (bicyclic) bond motifs is 1. The first-order valence-electron chi connectivity index (χ1n) is 9.10. The van der Waals surface area contributed by atoms with Gasteiger partial charge in [-0.1, -0.05) is 0 Å². The average molecular weight is 457 g/mol. The summed E-state index contributed by atoms with van der Waals surface area (Å²) in [6.07, 6.45) is -3.50. The van der Waals surface area contributed by atoms with Gasteiger partial charge in [-0.3, -0.25) is 14.2 Å². The molecule has 170 valence electrons. The SMILES string of the molecule is CSN(C(=O)c1nc(N)c2ncn([C@@H]3O[C@H](CO)[C@@H](O)[C@H]3O)c2n1)C(=O)[C@@H](N)[C@@H](C)O. The van der Waals surface area contributed by atoms with Gasteiger partial charge < -0.3 is 36.6 Å². The molecule has 1 fully saturated rings. The number of hydrogen-bond donors (Lipinski definition) is 6. The summed E-state index contributed by atoms with van der Waals surface area (Å²) in [7, 11) is 0. The van der Waals surface area contributed by atoms with E-state index in [9.17, 15) is 30.0 Å². The molecule has 0 radical (unpaired) electrons. The number of carbonyl (C=O) groups excluding carboxylic acids is 2. The highest BCUT2D eigenvalue weighted by atomic mass is 32.2. The average Bonchev–Trinajstić information content (AvgIpc) is 3.29. The zero-order chi connectivity index (χ0) is 23.0. The molecule has 3 rings (SSSR count). The van der Waals surface area contributed by atoms with E-state index >= 15 is 0 Å². The van der Waals surface area contributed by atoms with Crippen molar-refractivity contribution in [3.63, 3.8) is 0 Å². The van der Waals surface area contributed by atoms with E-state index in [0.29, 0.717) is 4.31 Å². The lowest BCUT2D eigenvalue weighted by molar-refractivity contribution is -0.127. The van der Waals surface area contributed by atoms with Crippen molar-refractivity contribution in [3.05, 3.63) is 12.2 Å². The zero-order valence-corrected chi connectivity index (χ0v) is 17.4. The highest BCUT2D eigenvalue weighted by Gasteiger charge is 2.44. The second-order valence-corrected chi connectivity index (χ2v) is 7.60. The van der Waals surface area contributed by atoms with Crippen LogP contribution < -0.4 is 11.5 Å². The minimum Gasteiger partial charge on any atom is -0.394 e. The van der Waals surface area contributed by atoms with Crippen LogP contribution in [-0.4, -0.2) is 99.4 Å². The number of ether oxygens (including phenoxy) is 1. The van der Waals surface area contributed by atoms with Crippen molar-refractivity contribution in [1.29, 1.82) is 0 Å². The third kappa shape index (κ3) is 4.08. The summed E-state index contributed by atoms with van der Waals surface area (Å²) in [5.41, 5.74) is 11.6. The van der Waals surface area contributed by atoms with Gasteiger partial charge in [0.15, 0.2) is 17.7 Å². The van der Waals surface area contributed by atoms with Crippen molar-refractivity contribution in [3.8, 4) is 0 Å². The van der Waals surface area contributed by atoms with E-state index in [-0.39, 0.29) is 17.0 Å². The molecule has 3 heterocycles. The smallest absolute Gasteiger partial charge is 0.308 e. The number of carbonyl (C=O) groups is 2. The predicted molar refractivity (Wildman–Crippen MR) is 107 cm³/mol. The van der Waals surface area contributed by atoms with Crippen molar-refractivity contribution in [2.24, 2.45) is 5.73 Å². The van der Waals surface area contributed by atoms with E-state index in [4.69, 9.17) is 16.2 Å². The van der Waals surface area contributed by atoms with Crippen LogP contribution >= 0.6 is 11.9 Å². The molecule has 0 saturated carbocycles. The van der Waals surface area contributed by atoms with Gasteiger partial charge >= 0.3 is 5.91 Å². The van der Waals surface area contributed by atoms with Gasteiger partial charge in [-0.05, 0) is 18.9 Å². The molecule has 0 unspecified atom stereocenters. The first-order valence-corrected chi connectivity index (χ1v) is 10.3. The number of aliphatic hydroxyl groups excluding tert-OH is 4. The van der Waals surface area contributed by atoms with Gasteiger partial charge in [-0.2, -0.15) is 0 Å². The lowest BCUT2D eigenvalue weighted by Gasteiger charge is -2.22. The number of nitrogens with two attached hydrogens (primary N) is 2. The van der Waals surface area contributed by atoms with Gasteiger partial charge in [0.25, 0.3) is 5.91 Å². The quantitative estimate of drug-likeness (QED) is 0.238. The summed E-state index contributed by atoms with van der Waals surface area (Å²) in [6.45, 7) is 0.780. The summed E-state index contributed by atoms with van der Waals surface area (Å²) in [4.78, 5) is 37.4. The number of nitrogen functional groups attached to an aromatic ring is 1. The van der Waals surface area contributed by atoms with Gasteiger partial charge in [0, 0.05) is 6.26 Å². The summed E-state index contributed by atoms with van der Waals surface area (Å²) in [5.74, 6) is -2.42. The molecule has 0 aromatic carbocycles. The van der Waals surface area contributed by atoms with Gasteiger partial charge in [-0.25, -0.2) is 19.3 Å². The van der Waals surface area contributed by atoms with E-state index in [1.807, 2.05) is 0 Å². The Labute approximate surface area is 180 Å². The largest absolute Gasteiger partial charge is 0.394 e. The normalized spacial score (nSPS) is 25.5. The predicted octanol–water partition coefficient (Wildman–Crippen LogP) is -3.03. The molecule has 1 aliphatic rings. The number of aliphatic hydroxyl groups is 4. The van der Waals surface area contributed by atoms with Crippen LogP contribution in [0.15, 0.2) is 6.33 Å². The number of imide groups is 1. The topological polar surface area (TPSA) is 223 Å². The summed E-state index contributed by atoms with van der Waals surface area (Å²) in [6, 6.07) is -1.35. The molecule has 15 heteroatoms. The Morgan fingerprint density at radius 3 is 2.58 bits per heavy atom. The van der Waals surface area contributed by atoms with Gasteiger partial charge in [0.1, 0.15) is 29.9 Å². The Morgan fingerprint density at radius 1 is 1.35 bits per heavy atom. The number of anilines is 1. The molecule has 1 saturated heterocycles. The Kier molecular flexibility index (Phi) is 6.75. The van der Waals surface area contributed by atoms with E-state index in [2.05, 4.69) is 15.0 Å². The van der Waals surface area contributed by atoms with E-state index < -0.39 is 60.9 Å². The highest BCUT2D eigenvalue weighted by Crippen LogP contribution is 2.32. The second-order valence-electron chi connectivity index (χ2n) is 6.87. The van der Waals surface area contributed by atoms with Crippen LogP contribution in [0.25, 0.3) is 11.2 Å². The maximum absolute atomic E-state index is 12.9. The number of rotatable bonds is 6. The fraction of sp³-hybridized carbons (Fsp3) is 0.562. The maximum Gasteiger partial charge on any atom is 0.308 e. The molecule has 0 spiro atoms. The zero-order valence-electron chi connectivity index (χ0n) is 16.6. The third-order valence-electron chi connectivity index (χ3n) is 4.80. The second kappa shape index (κ2) is 8.99. The van der Waals surface area contributed by atoms with Crippen LogP contribution in [0.2, 0.25) is 0 Å². The van der Waals surface area contributed by atoms with Crippen molar-refractivity contribution < 1.29 is 34.8 Å². The molecule has 31 heavy (non-hydrogen) atoms. The number of aromatic nitrogens is 4. The van der Waals surface area contributed by atoms with E-state index in [0.717, 1.165) is 11.9 Å². The van der Waals surface area contributed by atoms with Crippen LogP contribution in [0.5, 0.6) is 0 Å². The van der Waals surface area contributed by atoms with Gasteiger partial charge in [0.2, 0.25) is 5.82 Å². The Bertz CT molecular complexity index is 987. The Morgan fingerprint density at radius 2 is 2.03 bits per heavy atom. The Hall–Kier alpha value is -2.40. The maximum atomic E-state index is 12.9. The number of nitrogens with zero attached hydrogens (tertiary/aromatic N) is 5. The van der Waals surface area contributed by atoms with Gasteiger partial charge in [-0.15, -0.1) is 0 Å². The molecule has 0 aliphatic carbocycles. The van der Waals surface area contributed by atoms with Crippen molar-refractivity contribution in [2.45, 2.75) is 43.6 Å². The van der Waals surface area contributed by atoms with Crippen LogP contribution in [-0.2, 0) is 9.53 Å². The molecule has 2 amide bonds. The number of amides is 2. The van der Waals surface area contributed by atoms with Gasteiger partial charge in [0.05, 0.1) is 19.0 Å². The molecule has 8 N–H and O–H groups in total. The standard InChI is InChI=1S/C16H23N7O7S/c1-5(25)7(17)14(28)23(31-2)15(29)12-20-11(18)8-13(21-12)22(4-19-8)16-10(27)9(26)6(3-24)30-16/h4-7,9-10,16,24-27H,3,17H2,1-2H3,(H2,18,20,21)/t5-,6-,7+,9-,10-,16-/m1/s1. The lowest BCUT2D eigenvalue weighted by atomic mass is 10.1. The molecule has 0 bridgehead atoms. The molecule has 1 aliphatic heterocycles. The van der Waals surface area contributed by atoms with Crippen LogP contribution in [0, 0.1) is 0 Å². The highest BCUT2D eigenvalue weighted by molar-refractivity contribution is 7.97. The first kappa shape index (κ1) is 23.3. The molecular weight excluding hydrogens is 434 g/mol. The molecule has 14 nitrogen and oxygen atoms in total. The van der Waals surface area contributed by atoms with Crippen LogP contribution in [0.1, 0.15) is 23.8 Å². The monoisotopic (exact) mass is 457 g/mol. The Balaban J connectivity index is 2.01. The fourth-order valence-corrected chi connectivity index (χ4v) is 3.58. The van der Waals surface area contributed by atoms with E-state index in [1.165, 1.54) is 24.1 Å². The fourth-order valence-electron chi connectivity index (χ4n) is 3.04. The minimum absolute atomic E-state index is 0.000911. The van der Waals surface area contributed by atoms with Crippen molar-refractivity contribution in [1.82, 2.24) is 23.8 Å². The number of hydrogen-bond acceptors (Lipinski definition) is 13. The van der Waals surface area contributed by atoms with E-state index in [1.54, 1.807) is 0 Å². The summed E-state index contributed by atoms with van der Waals surface area (Å²) >= 11 is 0.748. The summed E-state index contributed by atoms with van der Waals surface area (Å²) in [5, 5.41) is 39.1. The molecule has 6 atom stereocenters. The minimum atomic E-state index is -1.42. The number of imidazole rings is 1. The van der Waals surface area contributed by atoms with Crippen LogP contribution in [0.4, 0.5) is 5.82 Å². The van der Waals surface area contributed by atoms with Crippen molar-refractivity contribution >= 4 is 40.7 Å². The molecule has 2 aromatic rings. The van der Waals surface area contributed by atoms with Crippen molar-refractivity contribution in [2.75, 3.05) is 18.6 Å². The lowest BCUT2D eigenvalue weighted by Crippen LogP contribution is -2.48. The molecular formula is C16H23N7O7S. The molecule has 2 aromatic heterocycles. The van der Waals surface area contributed by atoms with Crippen LogP contribution in [0.3, 0.4) is 0 Å². The first-order chi connectivity index (χ1) is 14.6. The third-order valence-corrected chi connectivity index (χ3v) is 5.51.